The lowest BCUT2D eigenvalue weighted by atomic mass is 9.83. The van der Waals surface area contributed by atoms with Gasteiger partial charge in [0.2, 0.25) is 10.0 Å². The molecule has 0 unspecified atom stereocenters. The molecule has 1 aromatic carbocycles. The molecule has 0 saturated carbocycles. The second kappa shape index (κ2) is 4.59. The van der Waals surface area contributed by atoms with Crippen LogP contribution in [0, 0.1) is 12.3 Å². The van der Waals surface area contributed by atoms with Crippen molar-refractivity contribution < 1.29 is 23.4 Å². The lowest BCUT2D eigenvalue weighted by Crippen LogP contribution is -2.63. The zero-order valence-electron chi connectivity index (χ0n) is 10.4. The maximum absolute atomic E-state index is 12.2. The maximum atomic E-state index is 12.2. The zero-order valence-corrected chi connectivity index (χ0v) is 11.2. The van der Waals surface area contributed by atoms with Gasteiger partial charge in [-0.2, -0.15) is 4.31 Å². The van der Waals surface area contributed by atoms with Crippen LogP contribution in [-0.2, 0) is 14.8 Å². The molecule has 0 aliphatic carbocycles. The van der Waals surface area contributed by atoms with Crippen molar-refractivity contribution in [2.24, 2.45) is 5.41 Å². The van der Waals surface area contributed by atoms with Crippen molar-refractivity contribution in [2.75, 3.05) is 19.7 Å². The van der Waals surface area contributed by atoms with Gasteiger partial charge in [0, 0.05) is 13.1 Å². The highest BCUT2D eigenvalue weighted by molar-refractivity contribution is 7.89. The van der Waals surface area contributed by atoms with Crippen LogP contribution in [0.4, 0.5) is 0 Å². The molecule has 1 fully saturated rings. The first-order chi connectivity index (χ1) is 8.82. The van der Waals surface area contributed by atoms with Gasteiger partial charge in [-0.25, -0.2) is 8.42 Å². The van der Waals surface area contributed by atoms with Gasteiger partial charge in [-0.15, -0.1) is 0 Å². The summed E-state index contributed by atoms with van der Waals surface area (Å²) in [4.78, 5) is 11.1. The molecular formula is C12H15NO5S. The van der Waals surface area contributed by atoms with Crippen LogP contribution in [0.25, 0.3) is 0 Å². The molecule has 1 aromatic rings. The third-order valence-corrected chi connectivity index (χ3v) is 5.18. The molecule has 0 atom stereocenters. The number of carboxylic acid groups (broad SMARTS) is 1. The highest BCUT2D eigenvalue weighted by Gasteiger charge is 2.53. The molecule has 1 heterocycles. The van der Waals surface area contributed by atoms with E-state index in [1.165, 1.54) is 12.1 Å². The lowest BCUT2D eigenvalue weighted by Gasteiger charge is -2.44. The van der Waals surface area contributed by atoms with Crippen LogP contribution >= 0.6 is 0 Å². The van der Waals surface area contributed by atoms with E-state index in [-0.39, 0.29) is 18.0 Å². The van der Waals surface area contributed by atoms with Crippen LogP contribution < -0.4 is 0 Å². The highest BCUT2D eigenvalue weighted by atomic mass is 32.2. The molecule has 1 aliphatic rings. The standard InChI is InChI=1S/C12H15NO5S/c1-9-2-4-10(5-3-9)19(17,18)13-6-12(7-13,8-14)11(15)16/h2-5,14H,6-8H2,1H3,(H,15,16). The van der Waals surface area contributed by atoms with Crippen molar-refractivity contribution in [3.05, 3.63) is 29.8 Å². The Morgan fingerprint density at radius 1 is 1.32 bits per heavy atom. The molecule has 0 aromatic heterocycles. The summed E-state index contributed by atoms with van der Waals surface area (Å²) < 4.78 is 25.5. The lowest BCUT2D eigenvalue weighted by molar-refractivity contribution is -0.159. The van der Waals surface area contributed by atoms with Crippen LogP contribution in [0.5, 0.6) is 0 Å². The summed E-state index contributed by atoms with van der Waals surface area (Å²) in [5.41, 5.74) is -0.421. The van der Waals surface area contributed by atoms with Gasteiger partial charge >= 0.3 is 5.97 Å². The number of hydrogen-bond donors (Lipinski definition) is 2. The van der Waals surface area contributed by atoms with Gasteiger partial charge in [-0.05, 0) is 19.1 Å². The predicted octanol–water partition coefficient (Wildman–Crippen LogP) is 0.0626. The Bertz CT molecular complexity index is 587. The molecule has 19 heavy (non-hydrogen) atoms. The van der Waals surface area contributed by atoms with Gasteiger partial charge in [0.1, 0.15) is 5.41 Å². The summed E-state index contributed by atoms with van der Waals surface area (Å²) in [6.07, 6.45) is 0. The summed E-state index contributed by atoms with van der Waals surface area (Å²) in [5, 5.41) is 18.1. The molecule has 7 heteroatoms. The Kier molecular flexibility index (Phi) is 3.38. The smallest absolute Gasteiger partial charge is 0.314 e. The number of benzene rings is 1. The molecule has 2 rings (SSSR count). The van der Waals surface area contributed by atoms with Gasteiger partial charge in [0.25, 0.3) is 0 Å². The molecular weight excluding hydrogens is 270 g/mol. The van der Waals surface area contributed by atoms with Crippen molar-refractivity contribution in [2.45, 2.75) is 11.8 Å². The number of nitrogens with zero attached hydrogens (tertiary/aromatic N) is 1. The van der Waals surface area contributed by atoms with Crippen LogP contribution in [0.1, 0.15) is 5.56 Å². The van der Waals surface area contributed by atoms with Gasteiger partial charge in [-0.3, -0.25) is 4.79 Å². The number of carboxylic acids is 1. The first kappa shape index (κ1) is 14.0. The number of aryl methyl sites for hydroxylation is 1. The Morgan fingerprint density at radius 2 is 1.84 bits per heavy atom. The average Bonchev–Trinajstić information content (AvgIpc) is 2.28. The van der Waals surface area contributed by atoms with E-state index in [0.717, 1.165) is 9.87 Å². The minimum Gasteiger partial charge on any atom is -0.481 e. The minimum atomic E-state index is -3.67. The number of aliphatic carboxylic acids is 1. The van der Waals surface area contributed by atoms with Crippen molar-refractivity contribution >= 4 is 16.0 Å². The molecule has 0 radical (unpaired) electrons. The third-order valence-electron chi connectivity index (χ3n) is 3.37. The quantitative estimate of drug-likeness (QED) is 0.816. The largest absolute Gasteiger partial charge is 0.481 e. The Hall–Kier alpha value is -1.44. The van der Waals surface area contributed by atoms with E-state index in [9.17, 15) is 13.2 Å². The Balaban J connectivity index is 2.21. The van der Waals surface area contributed by atoms with Crippen LogP contribution in [0.2, 0.25) is 0 Å². The third kappa shape index (κ3) is 2.24. The molecule has 0 spiro atoms. The SMILES string of the molecule is Cc1ccc(S(=O)(=O)N2CC(CO)(C(=O)O)C2)cc1. The van der Waals surface area contributed by atoms with Gasteiger partial charge in [0.15, 0.2) is 0 Å². The first-order valence-electron chi connectivity index (χ1n) is 5.73. The topological polar surface area (TPSA) is 94.9 Å². The first-order valence-corrected chi connectivity index (χ1v) is 7.17. The average molecular weight is 285 g/mol. The van der Waals surface area contributed by atoms with Crippen molar-refractivity contribution in [3.8, 4) is 0 Å². The number of aliphatic hydroxyl groups is 1. The number of aliphatic hydroxyl groups excluding tert-OH is 1. The molecule has 2 N–H and O–H groups in total. The predicted molar refractivity (Wildman–Crippen MR) is 67.1 cm³/mol. The molecule has 1 saturated heterocycles. The zero-order chi connectivity index (χ0) is 14.3. The summed E-state index contributed by atoms with van der Waals surface area (Å²) in [7, 11) is -3.67. The molecule has 0 bridgehead atoms. The van der Waals surface area contributed by atoms with Crippen LogP contribution in [0.3, 0.4) is 0 Å². The van der Waals surface area contributed by atoms with E-state index >= 15 is 0 Å². The highest BCUT2D eigenvalue weighted by Crippen LogP contribution is 2.34. The molecule has 1 aliphatic heterocycles. The van der Waals surface area contributed by atoms with Crippen LogP contribution in [0.15, 0.2) is 29.2 Å². The number of hydrogen-bond acceptors (Lipinski definition) is 4. The van der Waals surface area contributed by atoms with Gasteiger partial charge < -0.3 is 10.2 Å². The number of rotatable bonds is 4. The minimum absolute atomic E-state index is 0.134. The van der Waals surface area contributed by atoms with E-state index in [4.69, 9.17) is 10.2 Å². The van der Waals surface area contributed by atoms with Crippen molar-refractivity contribution in [1.82, 2.24) is 4.31 Å². The molecule has 0 amide bonds. The molecule has 104 valence electrons. The summed E-state index contributed by atoms with van der Waals surface area (Å²) in [6.45, 7) is 0.883. The number of sulfonamides is 1. The molecule has 6 nitrogen and oxygen atoms in total. The summed E-state index contributed by atoms with van der Waals surface area (Å²) in [5.74, 6) is -1.18. The second-order valence-electron chi connectivity index (χ2n) is 4.83. The van der Waals surface area contributed by atoms with Gasteiger partial charge in [-0.1, -0.05) is 17.7 Å². The summed E-state index contributed by atoms with van der Waals surface area (Å²) >= 11 is 0. The number of carbonyl (C=O) groups is 1. The fourth-order valence-corrected chi connectivity index (χ4v) is 3.57. The van der Waals surface area contributed by atoms with E-state index in [0.29, 0.717) is 0 Å². The fraction of sp³-hybridized carbons (Fsp3) is 0.417. The van der Waals surface area contributed by atoms with E-state index < -0.39 is 28.0 Å². The summed E-state index contributed by atoms with van der Waals surface area (Å²) in [6, 6.07) is 6.35. The van der Waals surface area contributed by atoms with Crippen molar-refractivity contribution in [1.29, 1.82) is 0 Å². The Morgan fingerprint density at radius 3 is 2.26 bits per heavy atom. The maximum Gasteiger partial charge on any atom is 0.314 e. The van der Waals surface area contributed by atoms with E-state index in [1.807, 2.05) is 6.92 Å². The Labute approximate surface area is 111 Å². The van der Waals surface area contributed by atoms with Gasteiger partial charge in [0.05, 0.1) is 11.5 Å². The van der Waals surface area contributed by atoms with E-state index in [2.05, 4.69) is 0 Å². The fourth-order valence-electron chi connectivity index (χ4n) is 1.96. The van der Waals surface area contributed by atoms with E-state index in [1.54, 1.807) is 12.1 Å². The monoisotopic (exact) mass is 285 g/mol. The second-order valence-corrected chi connectivity index (χ2v) is 6.77. The normalized spacial score (nSPS) is 18.8. The van der Waals surface area contributed by atoms with Crippen LogP contribution in [-0.4, -0.2) is 48.6 Å². The van der Waals surface area contributed by atoms with Crippen molar-refractivity contribution in [3.63, 3.8) is 0 Å².